The zero-order valence-corrected chi connectivity index (χ0v) is 18.9. The fraction of sp³-hybridized carbons (Fsp3) is 0.333. The second-order valence-electron chi connectivity index (χ2n) is 7.79. The van der Waals surface area contributed by atoms with Crippen LogP contribution in [-0.4, -0.2) is 44.7 Å². The molecule has 2 aromatic heterocycles. The first-order valence-electron chi connectivity index (χ1n) is 10.8. The molecule has 0 bridgehead atoms. The van der Waals surface area contributed by atoms with Gasteiger partial charge in [0.15, 0.2) is 5.56 Å². The van der Waals surface area contributed by atoms with Crippen molar-refractivity contribution in [3.8, 4) is 23.1 Å². The number of fused-ring (bicyclic) bond motifs is 1. The molecule has 0 aliphatic carbocycles. The molecule has 33 heavy (non-hydrogen) atoms. The van der Waals surface area contributed by atoms with E-state index in [-0.39, 0.29) is 5.56 Å². The molecule has 1 amide bonds. The Kier molecular flexibility index (Phi) is 6.30. The molecule has 1 aliphatic heterocycles. The van der Waals surface area contributed by atoms with Crippen molar-refractivity contribution in [3.63, 3.8) is 0 Å². The summed E-state index contributed by atoms with van der Waals surface area (Å²) < 4.78 is 12.3. The molecule has 1 aromatic carbocycles. The number of carbonyl (C=O) groups excluding carboxylic acids is 1. The summed E-state index contributed by atoms with van der Waals surface area (Å²) in [5.41, 5.74) is 1.15. The quantitative estimate of drug-likeness (QED) is 0.590. The van der Waals surface area contributed by atoms with Gasteiger partial charge >= 0.3 is 0 Å². The molecule has 1 aliphatic rings. The largest absolute Gasteiger partial charge is 0.494 e. The van der Waals surface area contributed by atoms with Crippen LogP contribution in [0, 0.1) is 0 Å². The molecule has 1 N–H and O–H groups in total. The maximum atomic E-state index is 13.8. The number of ether oxygens (including phenoxy) is 2. The molecule has 3 aromatic rings. The molecule has 172 valence electrons. The predicted octanol–water partition coefficient (Wildman–Crippen LogP) is 2.85. The number of nitrogens with zero attached hydrogens (tertiary/aromatic N) is 4. The summed E-state index contributed by atoms with van der Waals surface area (Å²) in [6, 6.07) is 6.98. The SMILES string of the molecule is CCCCc1nc(O)c(C(=O)N2Cc3ccncc3C2)c(=O)n1-c1c(OC)cccc1OC. The standard InChI is InChI=1S/C24H26N4O5/c1-4-5-9-19-26-22(29)20(23(30)27-13-15-10-11-25-12-16(15)14-27)24(31)28(19)21-17(32-2)7-6-8-18(21)33-3/h6-8,10-12,29H,4-5,9,13-14H2,1-3H3. The van der Waals surface area contributed by atoms with E-state index in [1.165, 1.54) is 23.7 Å². The van der Waals surface area contributed by atoms with Crippen molar-refractivity contribution in [3.05, 3.63) is 69.5 Å². The summed E-state index contributed by atoms with van der Waals surface area (Å²) >= 11 is 0. The van der Waals surface area contributed by atoms with Crippen molar-refractivity contribution in [2.24, 2.45) is 0 Å². The average molecular weight is 450 g/mol. The number of aromatic nitrogens is 3. The number of hydrogen-bond donors (Lipinski definition) is 1. The van der Waals surface area contributed by atoms with Crippen LogP contribution >= 0.6 is 0 Å². The Morgan fingerprint density at radius 1 is 1.12 bits per heavy atom. The summed E-state index contributed by atoms with van der Waals surface area (Å²) in [5.74, 6) is -0.0618. The number of amides is 1. The van der Waals surface area contributed by atoms with Crippen molar-refractivity contribution < 1.29 is 19.4 Å². The second-order valence-corrected chi connectivity index (χ2v) is 7.79. The topological polar surface area (TPSA) is 107 Å². The molecule has 0 atom stereocenters. The van der Waals surface area contributed by atoms with Gasteiger partial charge in [0, 0.05) is 31.9 Å². The number of unbranched alkanes of at least 4 members (excludes halogenated alkanes) is 1. The number of methoxy groups -OCH3 is 2. The third kappa shape index (κ3) is 4.02. The number of benzene rings is 1. The lowest BCUT2D eigenvalue weighted by atomic mass is 10.2. The maximum absolute atomic E-state index is 13.8. The highest BCUT2D eigenvalue weighted by Gasteiger charge is 2.31. The molecular formula is C24H26N4O5. The van der Waals surface area contributed by atoms with Gasteiger partial charge in [0.05, 0.1) is 14.2 Å². The summed E-state index contributed by atoms with van der Waals surface area (Å²) in [4.78, 5) is 37.1. The highest BCUT2D eigenvalue weighted by molar-refractivity contribution is 5.96. The third-order valence-electron chi connectivity index (χ3n) is 5.74. The Balaban J connectivity index is 1.88. The van der Waals surface area contributed by atoms with Crippen LogP contribution in [0.2, 0.25) is 0 Å². The monoisotopic (exact) mass is 450 g/mol. The molecule has 9 nitrogen and oxygen atoms in total. The van der Waals surface area contributed by atoms with E-state index in [4.69, 9.17) is 9.47 Å². The molecule has 0 spiro atoms. The molecule has 3 heterocycles. The van der Waals surface area contributed by atoms with Gasteiger partial charge in [0.2, 0.25) is 5.88 Å². The minimum Gasteiger partial charge on any atom is -0.494 e. The maximum Gasteiger partial charge on any atom is 0.275 e. The van der Waals surface area contributed by atoms with E-state index < -0.39 is 17.3 Å². The van der Waals surface area contributed by atoms with Gasteiger partial charge in [-0.2, -0.15) is 4.98 Å². The lowest BCUT2D eigenvalue weighted by Crippen LogP contribution is -2.35. The number of aryl methyl sites for hydroxylation is 1. The van der Waals surface area contributed by atoms with E-state index in [9.17, 15) is 14.7 Å². The zero-order valence-electron chi connectivity index (χ0n) is 18.9. The average Bonchev–Trinajstić information content (AvgIpc) is 3.26. The van der Waals surface area contributed by atoms with Crippen LogP contribution in [-0.2, 0) is 19.5 Å². The summed E-state index contributed by atoms with van der Waals surface area (Å²) in [6.45, 7) is 2.64. The van der Waals surface area contributed by atoms with Crippen LogP contribution in [0.4, 0.5) is 0 Å². The fourth-order valence-electron chi connectivity index (χ4n) is 4.05. The first kappa shape index (κ1) is 22.3. The third-order valence-corrected chi connectivity index (χ3v) is 5.74. The number of para-hydroxylation sites is 1. The fourth-order valence-corrected chi connectivity index (χ4v) is 4.05. The van der Waals surface area contributed by atoms with E-state index in [1.54, 1.807) is 30.6 Å². The van der Waals surface area contributed by atoms with Crippen LogP contribution < -0.4 is 15.0 Å². The van der Waals surface area contributed by atoms with E-state index in [2.05, 4.69) is 9.97 Å². The number of carbonyl (C=O) groups is 1. The lowest BCUT2D eigenvalue weighted by molar-refractivity contribution is 0.0744. The van der Waals surface area contributed by atoms with Crippen LogP contribution in [0.3, 0.4) is 0 Å². The molecule has 0 radical (unpaired) electrons. The van der Waals surface area contributed by atoms with Crippen molar-refractivity contribution >= 4 is 5.91 Å². The first-order valence-corrected chi connectivity index (χ1v) is 10.8. The smallest absolute Gasteiger partial charge is 0.275 e. The molecular weight excluding hydrogens is 424 g/mol. The van der Waals surface area contributed by atoms with Crippen LogP contribution in [0.1, 0.15) is 47.1 Å². The molecule has 9 heteroatoms. The van der Waals surface area contributed by atoms with Crippen molar-refractivity contribution in [1.29, 1.82) is 0 Å². The number of rotatable bonds is 7. The van der Waals surface area contributed by atoms with E-state index in [0.717, 1.165) is 24.0 Å². The first-order chi connectivity index (χ1) is 16.0. The molecule has 4 rings (SSSR count). The van der Waals surface area contributed by atoms with Gasteiger partial charge in [0.25, 0.3) is 11.5 Å². The minimum atomic E-state index is -0.671. The van der Waals surface area contributed by atoms with Crippen LogP contribution in [0.15, 0.2) is 41.5 Å². The molecule has 0 unspecified atom stereocenters. The van der Waals surface area contributed by atoms with Crippen LogP contribution in [0.5, 0.6) is 17.4 Å². The Labute approximate surface area is 191 Å². The van der Waals surface area contributed by atoms with E-state index in [0.29, 0.717) is 42.5 Å². The highest BCUT2D eigenvalue weighted by Crippen LogP contribution is 2.33. The number of pyridine rings is 1. The van der Waals surface area contributed by atoms with Crippen molar-refractivity contribution in [2.45, 2.75) is 39.3 Å². The number of hydrogen-bond acceptors (Lipinski definition) is 7. The number of aromatic hydroxyl groups is 1. The normalized spacial score (nSPS) is 12.5. The lowest BCUT2D eigenvalue weighted by Gasteiger charge is -2.21. The molecule has 0 fully saturated rings. The van der Waals surface area contributed by atoms with Gasteiger partial charge in [-0.3, -0.25) is 19.1 Å². The van der Waals surface area contributed by atoms with Gasteiger partial charge in [-0.15, -0.1) is 0 Å². The Hall–Kier alpha value is -3.88. The summed E-state index contributed by atoms with van der Waals surface area (Å²) in [6.07, 6.45) is 5.39. The molecule has 0 saturated carbocycles. The van der Waals surface area contributed by atoms with Gasteiger partial charge < -0.3 is 19.5 Å². The van der Waals surface area contributed by atoms with Gasteiger partial charge in [-0.05, 0) is 35.7 Å². The summed E-state index contributed by atoms with van der Waals surface area (Å²) in [5, 5.41) is 10.7. The highest BCUT2D eigenvalue weighted by atomic mass is 16.5. The van der Waals surface area contributed by atoms with Gasteiger partial charge in [0.1, 0.15) is 23.0 Å². The zero-order chi connectivity index (χ0) is 23.5. The minimum absolute atomic E-state index is 0.302. The summed E-state index contributed by atoms with van der Waals surface area (Å²) in [7, 11) is 2.98. The molecule has 0 saturated heterocycles. The van der Waals surface area contributed by atoms with E-state index >= 15 is 0 Å². The second kappa shape index (κ2) is 9.32. The Morgan fingerprint density at radius 3 is 2.45 bits per heavy atom. The predicted molar refractivity (Wildman–Crippen MR) is 121 cm³/mol. The Bertz CT molecular complexity index is 1210. The van der Waals surface area contributed by atoms with Crippen LogP contribution in [0.25, 0.3) is 5.69 Å². The van der Waals surface area contributed by atoms with Gasteiger partial charge in [-0.25, -0.2) is 0 Å². The van der Waals surface area contributed by atoms with Gasteiger partial charge in [-0.1, -0.05) is 19.4 Å². The van der Waals surface area contributed by atoms with Crippen molar-refractivity contribution in [1.82, 2.24) is 19.4 Å². The Morgan fingerprint density at radius 2 is 1.82 bits per heavy atom. The van der Waals surface area contributed by atoms with E-state index in [1.807, 2.05) is 13.0 Å². The van der Waals surface area contributed by atoms with Crippen molar-refractivity contribution in [2.75, 3.05) is 14.2 Å².